The van der Waals surface area contributed by atoms with Gasteiger partial charge in [-0.2, -0.15) is 5.10 Å². The van der Waals surface area contributed by atoms with Crippen LogP contribution in [0.2, 0.25) is 0 Å². The van der Waals surface area contributed by atoms with Crippen molar-refractivity contribution in [3.05, 3.63) is 59.9 Å². The van der Waals surface area contributed by atoms with Gasteiger partial charge < -0.3 is 10.1 Å². The Bertz CT molecular complexity index is 755. The number of benzene rings is 2. The van der Waals surface area contributed by atoms with Crippen LogP contribution in [0.1, 0.15) is 5.56 Å². The molecule has 0 spiro atoms. The summed E-state index contributed by atoms with van der Waals surface area (Å²) in [6, 6.07) is 13.5. The summed E-state index contributed by atoms with van der Waals surface area (Å²) in [6.07, 6.45) is 6.72. The van der Waals surface area contributed by atoms with Crippen molar-refractivity contribution in [1.82, 2.24) is 5.43 Å². The van der Waals surface area contributed by atoms with E-state index in [1.165, 1.54) is 6.07 Å². The van der Waals surface area contributed by atoms with Gasteiger partial charge in [0.1, 0.15) is 18.2 Å². The molecule has 0 unspecified atom stereocenters. The van der Waals surface area contributed by atoms with E-state index in [0.717, 1.165) is 5.56 Å². The van der Waals surface area contributed by atoms with Gasteiger partial charge in [0, 0.05) is 5.56 Å². The van der Waals surface area contributed by atoms with Gasteiger partial charge >= 0.3 is 0 Å². The molecule has 0 saturated carbocycles. The highest BCUT2D eigenvalue weighted by Gasteiger charge is 2.02. The van der Waals surface area contributed by atoms with E-state index in [1.54, 1.807) is 30.5 Å². The molecule has 6 heteroatoms. The van der Waals surface area contributed by atoms with Crippen molar-refractivity contribution in [3.8, 4) is 18.1 Å². The molecule has 0 heterocycles. The molecule has 0 aliphatic heterocycles. The first-order valence-corrected chi connectivity index (χ1v) is 7.11. The summed E-state index contributed by atoms with van der Waals surface area (Å²) >= 11 is 5.05. The van der Waals surface area contributed by atoms with Crippen LogP contribution >= 0.6 is 12.2 Å². The topological polar surface area (TPSA) is 45.6 Å². The third kappa shape index (κ3) is 5.09. The molecular formula is C17H14FN3OS. The van der Waals surface area contributed by atoms with E-state index in [2.05, 4.69) is 21.8 Å². The molecule has 4 nitrogen and oxygen atoms in total. The van der Waals surface area contributed by atoms with Crippen molar-refractivity contribution in [1.29, 1.82) is 0 Å². The minimum absolute atomic E-state index is 0.172. The van der Waals surface area contributed by atoms with Gasteiger partial charge in [-0.15, -0.1) is 6.42 Å². The Morgan fingerprint density at radius 3 is 2.78 bits per heavy atom. The average Bonchev–Trinajstić information content (AvgIpc) is 2.56. The highest BCUT2D eigenvalue weighted by molar-refractivity contribution is 7.80. The average molecular weight is 327 g/mol. The Balaban J connectivity index is 1.95. The molecule has 0 fully saturated rings. The Kier molecular flexibility index (Phi) is 6.09. The van der Waals surface area contributed by atoms with E-state index in [0.29, 0.717) is 5.75 Å². The molecule has 116 valence electrons. The van der Waals surface area contributed by atoms with Crippen LogP contribution < -0.4 is 15.5 Å². The number of para-hydroxylation sites is 2. The third-order valence-corrected chi connectivity index (χ3v) is 2.92. The van der Waals surface area contributed by atoms with Crippen molar-refractivity contribution in [3.63, 3.8) is 0 Å². The van der Waals surface area contributed by atoms with E-state index in [9.17, 15) is 4.39 Å². The zero-order valence-corrected chi connectivity index (χ0v) is 12.9. The lowest BCUT2D eigenvalue weighted by Crippen LogP contribution is -2.24. The first-order chi connectivity index (χ1) is 11.2. The highest BCUT2D eigenvalue weighted by atomic mass is 32.1. The van der Waals surface area contributed by atoms with Gasteiger partial charge in [-0.25, -0.2) is 4.39 Å². The quantitative estimate of drug-likeness (QED) is 0.383. The second kappa shape index (κ2) is 8.51. The van der Waals surface area contributed by atoms with E-state index in [1.807, 2.05) is 18.2 Å². The Labute approximate surface area is 139 Å². The predicted octanol–water partition coefficient (Wildman–Crippen LogP) is 3.16. The van der Waals surface area contributed by atoms with Gasteiger partial charge in [-0.1, -0.05) is 30.2 Å². The predicted molar refractivity (Wildman–Crippen MR) is 94.1 cm³/mol. The minimum Gasteiger partial charge on any atom is -0.480 e. The van der Waals surface area contributed by atoms with Crippen LogP contribution in [-0.2, 0) is 0 Å². The van der Waals surface area contributed by atoms with E-state index >= 15 is 0 Å². The monoisotopic (exact) mass is 327 g/mol. The van der Waals surface area contributed by atoms with Crippen LogP contribution in [0.15, 0.2) is 53.6 Å². The van der Waals surface area contributed by atoms with Crippen molar-refractivity contribution < 1.29 is 9.13 Å². The van der Waals surface area contributed by atoms with Crippen molar-refractivity contribution in [2.45, 2.75) is 0 Å². The zero-order chi connectivity index (χ0) is 16.5. The summed E-state index contributed by atoms with van der Waals surface area (Å²) in [5, 5.41) is 6.90. The highest BCUT2D eigenvalue weighted by Crippen LogP contribution is 2.15. The molecule has 0 saturated heterocycles. The summed E-state index contributed by atoms with van der Waals surface area (Å²) < 4.78 is 18.9. The first-order valence-electron chi connectivity index (χ1n) is 6.70. The number of nitrogens with zero attached hydrogens (tertiary/aromatic N) is 1. The van der Waals surface area contributed by atoms with Crippen LogP contribution in [0.3, 0.4) is 0 Å². The number of thiocarbonyl (C=S) groups is 1. The lowest BCUT2D eigenvalue weighted by Gasteiger charge is -2.08. The Morgan fingerprint density at radius 2 is 2.00 bits per heavy atom. The normalized spacial score (nSPS) is 10.1. The molecule has 0 bridgehead atoms. The second-order valence-corrected chi connectivity index (χ2v) is 4.74. The number of hydrogen-bond donors (Lipinski definition) is 2. The number of nitrogens with one attached hydrogen (secondary N) is 2. The maximum absolute atomic E-state index is 13.5. The van der Waals surface area contributed by atoms with Gasteiger partial charge in [0.05, 0.1) is 11.9 Å². The summed E-state index contributed by atoms with van der Waals surface area (Å²) in [6.45, 7) is 0.172. The van der Waals surface area contributed by atoms with Gasteiger partial charge in [-0.05, 0) is 36.5 Å². The van der Waals surface area contributed by atoms with Gasteiger partial charge in [-0.3, -0.25) is 5.43 Å². The van der Waals surface area contributed by atoms with Crippen LogP contribution in [0, 0.1) is 18.2 Å². The molecule has 0 atom stereocenters. The van der Waals surface area contributed by atoms with Crippen LogP contribution in [0.4, 0.5) is 10.1 Å². The zero-order valence-electron chi connectivity index (χ0n) is 12.1. The maximum Gasteiger partial charge on any atom is 0.191 e. The van der Waals surface area contributed by atoms with Crippen molar-refractivity contribution >= 4 is 29.2 Å². The van der Waals surface area contributed by atoms with Gasteiger partial charge in [0.15, 0.2) is 5.11 Å². The molecule has 2 rings (SSSR count). The number of rotatable bonds is 5. The molecule has 0 amide bonds. The summed E-state index contributed by atoms with van der Waals surface area (Å²) in [4.78, 5) is 0. The van der Waals surface area contributed by atoms with E-state index in [-0.39, 0.29) is 17.4 Å². The Morgan fingerprint density at radius 1 is 1.26 bits per heavy atom. The fourth-order valence-corrected chi connectivity index (χ4v) is 1.87. The summed E-state index contributed by atoms with van der Waals surface area (Å²) in [5.74, 6) is 2.62. The molecular weight excluding hydrogens is 313 g/mol. The number of ether oxygens (including phenoxy) is 1. The molecule has 2 N–H and O–H groups in total. The summed E-state index contributed by atoms with van der Waals surface area (Å²) in [5.41, 5.74) is 3.63. The van der Waals surface area contributed by atoms with Crippen LogP contribution in [0.5, 0.6) is 5.75 Å². The SMILES string of the molecule is C#CCOc1ccccc1/C=N\NC(=S)Nc1ccccc1F. The first kappa shape index (κ1) is 16.5. The number of hydrazone groups is 1. The standard InChI is InChI=1S/C17H14FN3OS/c1-2-11-22-16-10-6-3-7-13(16)12-19-21-17(23)20-15-9-5-4-8-14(15)18/h1,3-10,12H,11H2,(H2,20,21,23)/b19-12-. The molecule has 0 aromatic heterocycles. The summed E-state index contributed by atoms with van der Waals surface area (Å²) in [7, 11) is 0. The lowest BCUT2D eigenvalue weighted by molar-refractivity contribution is 0.370. The molecule has 2 aromatic rings. The maximum atomic E-state index is 13.5. The number of hydrogen-bond acceptors (Lipinski definition) is 3. The molecule has 23 heavy (non-hydrogen) atoms. The lowest BCUT2D eigenvalue weighted by atomic mass is 10.2. The van der Waals surface area contributed by atoms with E-state index in [4.69, 9.17) is 23.4 Å². The van der Waals surface area contributed by atoms with Crippen molar-refractivity contribution in [2.24, 2.45) is 5.10 Å². The van der Waals surface area contributed by atoms with Gasteiger partial charge in [0.2, 0.25) is 0 Å². The second-order valence-electron chi connectivity index (χ2n) is 4.33. The smallest absolute Gasteiger partial charge is 0.191 e. The number of anilines is 1. The molecule has 0 aliphatic carbocycles. The number of halogens is 1. The van der Waals surface area contributed by atoms with Crippen molar-refractivity contribution in [2.75, 3.05) is 11.9 Å². The van der Waals surface area contributed by atoms with E-state index < -0.39 is 5.82 Å². The fourth-order valence-electron chi connectivity index (χ4n) is 1.71. The third-order valence-electron chi connectivity index (χ3n) is 2.72. The largest absolute Gasteiger partial charge is 0.480 e. The minimum atomic E-state index is -0.395. The van der Waals surface area contributed by atoms with Crippen LogP contribution in [0.25, 0.3) is 0 Å². The number of terminal acetylenes is 1. The van der Waals surface area contributed by atoms with Crippen LogP contribution in [-0.4, -0.2) is 17.9 Å². The fraction of sp³-hybridized carbons (Fsp3) is 0.0588. The molecule has 2 aromatic carbocycles. The molecule has 0 aliphatic rings. The van der Waals surface area contributed by atoms with Gasteiger partial charge in [0.25, 0.3) is 0 Å². The Hall–Kier alpha value is -2.91. The molecule has 0 radical (unpaired) electrons.